The number of ether oxygens (including phenoxy) is 1. The summed E-state index contributed by atoms with van der Waals surface area (Å²) in [6, 6.07) is 0. The minimum absolute atomic E-state index is 0.0433. The third-order valence-corrected chi connectivity index (χ3v) is 3.40. The maximum Gasteiger partial charge on any atom is 0.316 e. The van der Waals surface area contributed by atoms with Gasteiger partial charge in [-0.1, -0.05) is 20.8 Å². The van der Waals surface area contributed by atoms with Crippen LogP contribution in [0.5, 0.6) is 0 Å². The van der Waals surface area contributed by atoms with Crippen LogP contribution in [-0.2, 0) is 19.1 Å². The van der Waals surface area contributed by atoms with Crippen LogP contribution in [0.4, 0.5) is 0 Å². The second-order valence-corrected chi connectivity index (χ2v) is 5.48. The molecule has 1 atom stereocenters. The van der Waals surface area contributed by atoms with E-state index < -0.39 is 34.6 Å². The lowest BCUT2D eigenvalue weighted by Gasteiger charge is -2.35. The van der Waals surface area contributed by atoms with E-state index in [4.69, 9.17) is 0 Å². The van der Waals surface area contributed by atoms with Crippen molar-refractivity contribution in [2.45, 2.75) is 40.0 Å². The number of hydrogen-bond acceptors (Lipinski definition) is 5. The molecule has 0 bridgehead atoms. The van der Waals surface area contributed by atoms with E-state index in [-0.39, 0.29) is 18.4 Å². The molecule has 1 aliphatic carbocycles. The molecule has 0 heterocycles. The molecular formula is C14H20O5. The Morgan fingerprint density at radius 3 is 2.47 bits per heavy atom. The van der Waals surface area contributed by atoms with Gasteiger partial charge >= 0.3 is 5.97 Å². The van der Waals surface area contributed by atoms with Crippen LogP contribution in [0.3, 0.4) is 0 Å². The van der Waals surface area contributed by atoms with Crippen molar-refractivity contribution in [2.75, 3.05) is 7.11 Å². The van der Waals surface area contributed by atoms with Crippen LogP contribution in [0.2, 0.25) is 0 Å². The number of allylic oxidation sites excluding steroid dienone is 1. The Balaban J connectivity index is 3.31. The monoisotopic (exact) mass is 268 g/mol. The predicted octanol–water partition coefficient (Wildman–Crippen LogP) is 1.96. The van der Waals surface area contributed by atoms with Crippen LogP contribution in [0.1, 0.15) is 40.0 Å². The molecule has 0 saturated heterocycles. The van der Waals surface area contributed by atoms with Crippen molar-refractivity contribution in [3.05, 3.63) is 11.3 Å². The summed E-state index contributed by atoms with van der Waals surface area (Å²) in [5.74, 6) is -2.84. The first kappa shape index (κ1) is 15.4. The Hall–Kier alpha value is -1.65. The molecule has 0 aliphatic heterocycles. The SMILES string of the molecule is CCCC(=O)C1=C(O)C(C(=O)OC)C(C)(C)CC1=O. The van der Waals surface area contributed by atoms with E-state index in [0.717, 1.165) is 0 Å². The summed E-state index contributed by atoms with van der Waals surface area (Å²) in [7, 11) is 1.22. The first-order valence-corrected chi connectivity index (χ1v) is 6.33. The molecule has 0 spiro atoms. The normalized spacial score (nSPS) is 22.3. The number of Topliss-reactive ketones (excluding diaryl/α,β-unsaturated/α-hetero) is 2. The van der Waals surface area contributed by atoms with Crippen molar-refractivity contribution in [2.24, 2.45) is 11.3 Å². The van der Waals surface area contributed by atoms with Gasteiger partial charge in [-0.15, -0.1) is 0 Å². The highest BCUT2D eigenvalue weighted by atomic mass is 16.5. The van der Waals surface area contributed by atoms with Gasteiger partial charge in [-0.25, -0.2) is 0 Å². The van der Waals surface area contributed by atoms with Gasteiger partial charge in [-0.05, 0) is 11.8 Å². The summed E-state index contributed by atoms with van der Waals surface area (Å²) in [4.78, 5) is 35.7. The van der Waals surface area contributed by atoms with Gasteiger partial charge in [0.05, 0.1) is 12.7 Å². The summed E-state index contributed by atoms with van der Waals surface area (Å²) >= 11 is 0. The van der Waals surface area contributed by atoms with Crippen molar-refractivity contribution in [1.82, 2.24) is 0 Å². The fourth-order valence-corrected chi connectivity index (χ4v) is 2.46. The van der Waals surface area contributed by atoms with Crippen molar-refractivity contribution >= 4 is 17.5 Å². The van der Waals surface area contributed by atoms with Gasteiger partial charge in [-0.2, -0.15) is 0 Å². The summed E-state index contributed by atoms with van der Waals surface area (Å²) in [5, 5.41) is 10.2. The lowest BCUT2D eigenvalue weighted by Crippen LogP contribution is -2.41. The van der Waals surface area contributed by atoms with E-state index in [0.29, 0.717) is 6.42 Å². The summed E-state index contributed by atoms with van der Waals surface area (Å²) in [5.41, 5.74) is -0.985. The maximum absolute atomic E-state index is 12.0. The van der Waals surface area contributed by atoms with E-state index in [1.165, 1.54) is 7.11 Å². The second kappa shape index (κ2) is 5.55. The highest BCUT2D eigenvalue weighted by Crippen LogP contribution is 2.42. The first-order valence-electron chi connectivity index (χ1n) is 6.33. The highest BCUT2D eigenvalue weighted by molar-refractivity contribution is 6.21. The number of ketones is 2. The molecule has 0 aromatic carbocycles. The van der Waals surface area contributed by atoms with Gasteiger partial charge in [0.2, 0.25) is 0 Å². The third kappa shape index (κ3) is 2.85. The Kier molecular flexibility index (Phi) is 4.50. The van der Waals surface area contributed by atoms with Crippen molar-refractivity contribution in [3.8, 4) is 0 Å². The molecule has 0 radical (unpaired) electrons. The van der Waals surface area contributed by atoms with E-state index in [1.54, 1.807) is 13.8 Å². The van der Waals surface area contributed by atoms with E-state index >= 15 is 0 Å². The molecule has 1 aliphatic rings. The van der Waals surface area contributed by atoms with Crippen molar-refractivity contribution < 1.29 is 24.2 Å². The maximum atomic E-state index is 12.0. The first-order chi connectivity index (χ1) is 8.76. The fourth-order valence-electron chi connectivity index (χ4n) is 2.46. The zero-order valence-electron chi connectivity index (χ0n) is 11.8. The van der Waals surface area contributed by atoms with E-state index in [9.17, 15) is 19.5 Å². The van der Waals surface area contributed by atoms with E-state index in [1.807, 2.05) is 6.92 Å². The molecule has 1 N–H and O–H groups in total. The third-order valence-electron chi connectivity index (χ3n) is 3.40. The Bertz CT molecular complexity index is 445. The fraction of sp³-hybridized carbons (Fsp3) is 0.643. The van der Waals surface area contributed by atoms with E-state index in [2.05, 4.69) is 4.74 Å². The minimum atomic E-state index is -0.967. The smallest absolute Gasteiger partial charge is 0.316 e. The molecule has 5 nitrogen and oxygen atoms in total. The standard InChI is InChI=1S/C14H20O5/c1-5-6-8(15)10-9(16)7-14(2,3)11(12(10)17)13(18)19-4/h11,17H,5-7H2,1-4H3. The Morgan fingerprint density at radius 2 is 2.00 bits per heavy atom. The van der Waals surface area contributed by atoms with Gasteiger partial charge in [0.1, 0.15) is 11.7 Å². The lowest BCUT2D eigenvalue weighted by atomic mass is 9.67. The number of aliphatic hydroxyl groups is 1. The molecule has 0 fully saturated rings. The number of rotatable bonds is 4. The molecule has 0 aromatic rings. The number of carbonyl (C=O) groups excluding carboxylic acids is 3. The van der Waals surface area contributed by atoms with Gasteiger partial charge in [0.25, 0.3) is 0 Å². The van der Waals surface area contributed by atoms with Crippen LogP contribution in [-0.4, -0.2) is 29.8 Å². The van der Waals surface area contributed by atoms with Gasteiger partial charge in [-0.3, -0.25) is 14.4 Å². The van der Waals surface area contributed by atoms with Gasteiger partial charge in [0.15, 0.2) is 11.6 Å². The van der Waals surface area contributed by atoms with Crippen molar-refractivity contribution in [3.63, 3.8) is 0 Å². The molecule has 1 unspecified atom stereocenters. The molecule has 1 rings (SSSR count). The number of esters is 1. The largest absolute Gasteiger partial charge is 0.510 e. The van der Waals surface area contributed by atoms with Crippen LogP contribution in [0.15, 0.2) is 11.3 Å². The molecule has 0 saturated carbocycles. The van der Waals surface area contributed by atoms with Crippen molar-refractivity contribution in [1.29, 1.82) is 0 Å². The zero-order chi connectivity index (χ0) is 14.8. The zero-order valence-corrected chi connectivity index (χ0v) is 11.8. The number of hydrogen-bond donors (Lipinski definition) is 1. The average Bonchev–Trinajstić information content (AvgIpc) is 2.26. The quantitative estimate of drug-likeness (QED) is 0.622. The average molecular weight is 268 g/mol. The molecule has 19 heavy (non-hydrogen) atoms. The molecular weight excluding hydrogens is 248 g/mol. The molecule has 106 valence electrons. The van der Waals surface area contributed by atoms with Crippen LogP contribution < -0.4 is 0 Å². The molecule has 0 amide bonds. The topological polar surface area (TPSA) is 80.7 Å². The number of aliphatic hydroxyl groups excluding tert-OH is 1. The summed E-state index contributed by atoms with van der Waals surface area (Å²) in [6.45, 7) is 5.21. The predicted molar refractivity (Wildman–Crippen MR) is 68.5 cm³/mol. The van der Waals surface area contributed by atoms with Crippen LogP contribution in [0.25, 0.3) is 0 Å². The molecule has 5 heteroatoms. The molecule has 0 aromatic heterocycles. The van der Waals surface area contributed by atoms with Crippen LogP contribution >= 0.6 is 0 Å². The highest BCUT2D eigenvalue weighted by Gasteiger charge is 2.47. The van der Waals surface area contributed by atoms with Crippen LogP contribution in [0, 0.1) is 11.3 Å². The second-order valence-electron chi connectivity index (χ2n) is 5.48. The Morgan fingerprint density at radius 1 is 1.42 bits per heavy atom. The minimum Gasteiger partial charge on any atom is -0.510 e. The van der Waals surface area contributed by atoms with Gasteiger partial charge < -0.3 is 9.84 Å². The number of carbonyl (C=O) groups is 3. The summed E-state index contributed by atoms with van der Waals surface area (Å²) in [6.07, 6.45) is 0.802. The van der Waals surface area contributed by atoms with Gasteiger partial charge in [0, 0.05) is 12.8 Å². The summed E-state index contributed by atoms with van der Waals surface area (Å²) < 4.78 is 4.66. The number of methoxy groups -OCH3 is 1. The Labute approximate surface area is 112 Å². The lowest BCUT2D eigenvalue weighted by molar-refractivity contribution is -0.150.